The van der Waals surface area contributed by atoms with Crippen LogP contribution in [0.2, 0.25) is 0 Å². The zero-order valence-electron chi connectivity index (χ0n) is 27.4. The van der Waals surface area contributed by atoms with E-state index in [1.54, 1.807) is 36.4 Å². The van der Waals surface area contributed by atoms with E-state index in [1.807, 2.05) is 30.5 Å². The van der Waals surface area contributed by atoms with Gasteiger partial charge in [0.15, 0.2) is 17.1 Å². The van der Waals surface area contributed by atoms with Gasteiger partial charge in [-0.1, -0.05) is 74.5 Å². The summed E-state index contributed by atoms with van der Waals surface area (Å²) < 4.78 is 69.4. The van der Waals surface area contributed by atoms with Crippen LogP contribution in [-0.2, 0) is 30.4 Å². The highest BCUT2D eigenvalue weighted by molar-refractivity contribution is 5.85. The normalized spacial score (nSPS) is 12.4. The van der Waals surface area contributed by atoms with E-state index in [0.29, 0.717) is 35.1 Å². The summed E-state index contributed by atoms with van der Waals surface area (Å²) in [6.07, 6.45) is -3.67. The number of rotatable bonds is 13. The zero-order valence-corrected chi connectivity index (χ0v) is 27.4. The maximum absolute atomic E-state index is 14.6. The molecule has 0 aliphatic heterocycles. The molecule has 0 aliphatic carbocycles. The number of amides is 1. The minimum absolute atomic E-state index is 0.122. The molecule has 1 amide bonds. The van der Waals surface area contributed by atoms with Crippen LogP contribution in [0.15, 0.2) is 102 Å². The Morgan fingerprint density at radius 3 is 2.14 bits per heavy atom. The average Bonchev–Trinajstić information content (AvgIpc) is 3.10. The molecule has 256 valence electrons. The van der Waals surface area contributed by atoms with Crippen molar-refractivity contribution in [3.05, 3.63) is 141 Å². The molecule has 0 bridgehead atoms. The molecule has 1 aromatic heterocycles. The van der Waals surface area contributed by atoms with Crippen LogP contribution in [0.25, 0.3) is 22.0 Å². The van der Waals surface area contributed by atoms with Crippen LogP contribution in [0.5, 0.6) is 0 Å². The third-order valence-electron chi connectivity index (χ3n) is 8.91. The maximum atomic E-state index is 14.6. The third-order valence-corrected chi connectivity index (χ3v) is 8.91. The van der Waals surface area contributed by atoms with Crippen molar-refractivity contribution in [2.75, 3.05) is 19.6 Å². The summed E-state index contributed by atoms with van der Waals surface area (Å²) in [4.78, 5) is 29.6. The van der Waals surface area contributed by atoms with Gasteiger partial charge >= 0.3 is 6.18 Å². The zero-order chi connectivity index (χ0) is 35.1. The molecular weight excluding hydrogens is 637 g/mol. The molecule has 4 aromatic carbocycles. The standard InChI is InChI=1S/C39H38F5N3O2/c1-3-46(4-2)23-22-35(38(49)45-25-26-12-14-27(15-13-26)28-16-19-30(20-17-28)39(42,43)44)47-31(21-18-29-8-7-10-33(40)37(29)41)24-36(48)32-9-5-6-11-34(32)47/h5-17,19-20,24,35H,3-4,18,21-23,25H2,1-2H3,(H,45,49). The molecule has 5 nitrogen and oxygen atoms in total. The van der Waals surface area contributed by atoms with E-state index < -0.39 is 29.4 Å². The lowest BCUT2D eigenvalue weighted by Crippen LogP contribution is -2.37. The summed E-state index contributed by atoms with van der Waals surface area (Å²) >= 11 is 0. The number of alkyl halides is 3. The summed E-state index contributed by atoms with van der Waals surface area (Å²) in [5.74, 6) is -2.15. The number of hydrogen-bond donors (Lipinski definition) is 1. The van der Waals surface area contributed by atoms with Crippen molar-refractivity contribution < 1.29 is 26.7 Å². The second-order valence-corrected chi connectivity index (χ2v) is 11.9. The van der Waals surface area contributed by atoms with Crippen LogP contribution in [0.3, 0.4) is 0 Å². The van der Waals surface area contributed by atoms with Gasteiger partial charge in [-0.2, -0.15) is 13.2 Å². The van der Waals surface area contributed by atoms with Crippen molar-refractivity contribution in [3.63, 3.8) is 0 Å². The Hall–Kier alpha value is -4.83. The topological polar surface area (TPSA) is 54.3 Å². The van der Waals surface area contributed by atoms with E-state index in [-0.39, 0.29) is 36.3 Å². The van der Waals surface area contributed by atoms with Crippen molar-refractivity contribution >= 4 is 16.8 Å². The number of hydrogen-bond acceptors (Lipinski definition) is 3. The molecule has 1 heterocycles. The van der Waals surface area contributed by atoms with E-state index in [0.717, 1.165) is 42.4 Å². The Kier molecular flexibility index (Phi) is 11.3. The van der Waals surface area contributed by atoms with Gasteiger partial charge in [0.1, 0.15) is 6.04 Å². The Balaban J connectivity index is 1.43. The lowest BCUT2D eigenvalue weighted by Gasteiger charge is -2.28. The fourth-order valence-electron chi connectivity index (χ4n) is 6.11. The molecule has 1 N–H and O–H groups in total. The van der Waals surface area contributed by atoms with E-state index in [1.165, 1.54) is 30.3 Å². The highest BCUT2D eigenvalue weighted by Gasteiger charge is 2.30. The lowest BCUT2D eigenvalue weighted by atomic mass is 10.0. The highest BCUT2D eigenvalue weighted by atomic mass is 19.4. The molecule has 0 fully saturated rings. The van der Waals surface area contributed by atoms with Gasteiger partial charge in [0.2, 0.25) is 5.91 Å². The SMILES string of the molecule is CCN(CC)CCC(C(=O)NCc1ccc(-c2ccc(C(F)(F)F)cc2)cc1)n1c(CCc2cccc(F)c2F)cc(=O)c2ccccc21. The fourth-order valence-corrected chi connectivity index (χ4v) is 6.11. The Morgan fingerprint density at radius 1 is 0.837 bits per heavy atom. The predicted octanol–water partition coefficient (Wildman–Crippen LogP) is 8.34. The molecule has 5 rings (SSSR count). The first-order valence-electron chi connectivity index (χ1n) is 16.3. The lowest BCUT2D eigenvalue weighted by molar-refractivity contribution is -0.137. The van der Waals surface area contributed by atoms with Gasteiger partial charge < -0.3 is 14.8 Å². The Morgan fingerprint density at radius 2 is 1.49 bits per heavy atom. The van der Waals surface area contributed by atoms with Crippen LogP contribution < -0.4 is 10.7 Å². The average molecular weight is 676 g/mol. The first kappa shape index (κ1) is 35.5. The fraction of sp³-hybridized carbons (Fsp3) is 0.282. The van der Waals surface area contributed by atoms with E-state index in [2.05, 4.69) is 10.2 Å². The number of fused-ring (bicyclic) bond motifs is 1. The molecule has 1 atom stereocenters. The van der Waals surface area contributed by atoms with E-state index in [4.69, 9.17) is 0 Å². The maximum Gasteiger partial charge on any atom is 0.416 e. The molecular formula is C39H38F5N3O2. The van der Waals surface area contributed by atoms with Crippen LogP contribution in [0, 0.1) is 11.6 Å². The van der Waals surface area contributed by atoms with Gasteiger partial charge in [0.25, 0.3) is 0 Å². The molecule has 0 aliphatic rings. The van der Waals surface area contributed by atoms with Crippen LogP contribution in [-0.4, -0.2) is 35.0 Å². The number of carbonyl (C=O) groups excluding carboxylic acids is 1. The Bertz CT molecular complexity index is 1950. The first-order chi connectivity index (χ1) is 23.5. The number of aromatic nitrogens is 1. The number of carbonyl (C=O) groups is 1. The summed E-state index contributed by atoms with van der Waals surface area (Å²) in [7, 11) is 0. The number of pyridine rings is 1. The molecule has 1 unspecified atom stereocenters. The third kappa shape index (κ3) is 8.43. The van der Waals surface area contributed by atoms with Crippen molar-refractivity contribution in [1.82, 2.24) is 14.8 Å². The van der Waals surface area contributed by atoms with Gasteiger partial charge in [-0.15, -0.1) is 0 Å². The molecule has 5 aromatic rings. The monoisotopic (exact) mass is 675 g/mol. The second-order valence-electron chi connectivity index (χ2n) is 11.9. The second kappa shape index (κ2) is 15.6. The van der Waals surface area contributed by atoms with Gasteiger partial charge in [-0.25, -0.2) is 8.78 Å². The number of nitrogens with zero attached hydrogens (tertiary/aromatic N) is 2. The quantitative estimate of drug-likeness (QED) is 0.128. The number of para-hydroxylation sites is 1. The van der Waals surface area contributed by atoms with Gasteiger partial charge in [-0.05, 0) is 84.9 Å². The summed E-state index contributed by atoms with van der Waals surface area (Å²) in [6.45, 7) is 6.45. The van der Waals surface area contributed by atoms with Crippen molar-refractivity contribution in [3.8, 4) is 11.1 Å². The van der Waals surface area contributed by atoms with E-state index in [9.17, 15) is 31.5 Å². The molecule has 49 heavy (non-hydrogen) atoms. The van der Waals surface area contributed by atoms with Crippen LogP contribution in [0.1, 0.15) is 48.7 Å². The number of nitrogens with one attached hydrogen (secondary N) is 1. The summed E-state index contributed by atoms with van der Waals surface area (Å²) in [5.41, 5.74) is 2.51. The van der Waals surface area contributed by atoms with Crippen molar-refractivity contribution in [1.29, 1.82) is 0 Å². The van der Waals surface area contributed by atoms with E-state index >= 15 is 0 Å². The molecule has 10 heteroatoms. The van der Waals surface area contributed by atoms with Crippen molar-refractivity contribution in [2.24, 2.45) is 0 Å². The molecule has 0 saturated carbocycles. The highest BCUT2D eigenvalue weighted by Crippen LogP contribution is 2.31. The number of aryl methyl sites for hydroxylation is 2. The molecule has 0 saturated heterocycles. The molecule has 0 radical (unpaired) electrons. The van der Waals surface area contributed by atoms with Gasteiger partial charge in [0.05, 0.1) is 11.1 Å². The summed E-state index contributed by atoms with van der Waals surface area (Å²) in [6, 6.07) is 24.0. The smallest absolute Gasteiger partial charge is 0.350 e. The van der Waals surface area contributed by atoms with Gasteiger partial charge in [-0.3, -0.25) is 9.59 Å². The van der Waals surface area contributed by atoms with Crippen LogP contribution >= 0.6 is 0 Å². The minimum Gasteiger partial charge on any atom is -0.350 e. The largest absolute Gasteiger partial charge is 0.416 e. The van der Waals surface area contributed by atoms with Crippen molar-refractivity contribution in [2.45, 2.75) is 51.9 Å². The Labute approximate surface area is 282 Å². The number of halogens is 5. The number of benzene rings is 4. The van der Waals surface area contributed by atoms with Crippen LogP contribution in [0.4, 0.5) is 22.0 Å². The minimum atomic E-state index is -4.41. The first-order valence-corrected chi connectivity index (χ1v) is 16.3. The predicted molar refractivity (Wildman–Crippen MR) is 182 cm³/mol. The van der Waals surface area contributed by atoms with Gasteiger partial charge in [0, 0.05) is 30.2 Å². The summed E-state index contributed by atoms with van der Waals surface area (Å²) in [5, 5.41) is 3.49. The molecule has 0 spiro atoms.